The molecule has 0 aliphatic carbocycles. The number of thiazole rings is 1. The molecule has 4 aromatic rings. The van der Waals surface area contributed by atoms with Crippen LogP contribution in [0.25, 0.3) is 16.8 Å². The molecule has 5 rings (SSSR count). The van der Waals surface area contributed by atoms with E-state index in [9.17, 15) is 9.59 Å². The number of unbranched alkanes of at least 4 members (excludes halogenated alkanes) is 1. The highest BCUT2D eigenvalue weighted by Gasteiger charge is 2.34. The van der Waals surface area contributed by atoms with Crippen LogP contribution in [-0.2, 0) is 4.79 Å². The Labute approximate surface area is 248 Å². The first-order valence-corrected chi connectivity index (χ1v) is 15.3. The Morgan fingerprint density at radius 1 is 1.07 bits per heavy atom. The number of allylic oxidation sites excluding steroid dienone is 1. The van der Waals surface area contributed by atoms with Crippen molar-refractivity contribution in [3.8, 4) is 5.75 Å². The zero-order chi connectivity index (χ0) is 29.1. The van der Waals surface area contributed by atoms with Gasteiger partial charge in [-0.1, -0.05) is 78.7 Å². The molecular formula is C33H34ClN3O3S. The van der Waals surface area contributed by atoms with Gasteiger partial charge in [-0.15, -0.1) is 0 Å². The quantitative estimate of drug-likeness (QED) is 0.223. The van der Waals surface area contributed by atoms with Gasteiger partial charge in [0, 0.05) is 23.7 Å². The van der Waals surface area contributed by atoms with Gasteiger partial charge in [0.1, 0.15) is 5.75 Å². The lowest BCUT2D eigenvalue weighted by Crippen LogP contribution is -2.43. The average molecular weight is 588 g/mol. The predicted molar refractivity (Wildman–Crippen MR) is 167 cm³/mol. The van der Waals surface area contributed by atoms with Crippen LogP contribution in [0.15, 0.2) is 81.7 Å². The van der Waals surface area contributed by atoms with E-state index in [1.807, 2.05) is 69.3 Å². The molecule has 6 nitrogen and oxygen atoms in total. The number of halogens is 1. The van der Waals surface area contributed by atoms with Gasteiger partial charge in [0.05, 0.1) is 28.5 Å². The number of aromatic nitrogens is 1. The molecule has 3 aromatic carbocycles. The number of benzene rings is 3. The van der Waals surface area contributed by atoms with Crippen LogP contribution in [0.1, 0.15) is 57.7 Å². The lowest BCUT2D eigenvalue weighted by atomic mass is 9.94. The zero-order valence-corrected chi connectivity index (χ0v) is 25.4. The molecule has 1 atom stereocenters. The highest BCUT2D eigenvalue weighted by Crippen LogP contribution is 2.32. The van der Waals surface area contributed by atoms with Crippen LogP contribution in [0.3, 0.4) is 0 Å². The Morgan fingerprint density at radius 3 is 2.51 bits per heavy atom. The van der Waals surface area contributed by atoms with Crippen molar-refractivity contribution in [3.05, 3.63) is 108 Å². The van der Waals surface area contributed by atoms with Crippen molar-refractivity contribution in [3.63, 3.8) is 0 Å². The highest BCUT2D eigenvalue weighted by atomic mass is 35.5. The fourth-order valence-corrected chi connectivity index (χ4v) is 6.40. The predicted octanol–water partition coefficient (Wildman–Crippen LogP) is 6.09. The molecule has 1 amide bonds. The summed E-state index contributed by atoms with van der Waals surface area (Å²) in [6.45, 7) is 9.61. The Balaban J connectivity index is 1.74. The van der Waals surface area contributed by atoms with E-state index in [1.165, 1.54) is 11.3 Å². The molecular weight excluding hydrogens is 554 g/mol. The lowest BCUT2D eigenvalue weighted by molar-refractivity contribution is -0.127. The standard InChI is InChI=1S/C33H34ClN3O3S/c1-5-8-19-40-27-18-15-22-11-9-10-12-25(22)26(27)20-28-31(38)37-30(23-13-16-24(34)17-14-23)29(21(4)35-33(37)41-28)32(39)36(6-2)7-3/h9-18,20,30H,5-8,19H2,1-4H3/b28-20+/t30-/m1/s1. The first-order valence-electron chi connectivity index (χ1n) is 14.1. The summed E-state index contributed by atoms with van der Waals surface area (Å²) in [5, 5.41) is 2.66. The van der Waals surface area contributed by atoms with Crippen molar-refractivity contribution in [2.45, 2.75) is 46.6 Å². The molecule has 0 bridgehead atoms. The topological polar surface area (TPSA) is 63.9 Å². The maximum Gasteiger partial charge on any atom is 0.271 e. The van der Waals surface area contributed by atoms with Crippen molar-refractivity contribution in [1.82, 2.24) is 9.47 Å². The molecule has 1 aromatic heterocycles. The van der Waals surface area contributed by atoms with Gasteiger partial charge in [0.15, 0.2) is 4.80 Å². The second-order valence-electron chi connectivity index (χ2n) is 10.0. The highest BCUT2D eigenvalue weighted by molar-refractivity contribution is 7.07. The number of likely N-dealkylation sites (N-methyl/N-ethyl adjacent to an activating group) is 1. The van der Waals surface area contributed by atoms with Gasteiger partial charge in [0.2, 0.25) is 0 Å². The number of hydrogen-bond donors (Lipinski definition) is 0. The van der Waals surface area contributed by atoms with E-state index in [-0.39, 0.29) is 11.5 Å². The second kappa shape index (κ2) is 12.5. The van der Waals surface area contributed by atoms with Crippen LogP contribution in [0, 0.1) is 0 Å². The Morgan fingerprint density at radius 2 is 1.80 bits per heavy atom. The van der Waals surface area contributed by atoms with Crippen molar-refractivity contribution < 1.29 is 9.53 Å². The normalized spacial score (nSPS) is 15.1. The SMILES string of the molecule is CCCCOc1ccc2ccccc2c1/C=c1/sc2n(c1=O)[C@H](c1ccc(Cl)cc1)C(C(=O)N(CC)CC)=C(C)N=2. The maximum atomic E-state index is 14.2. The molecule has 1 aliphatic heterocycles. The molecule has 0 saturated heterocycles. The van der Waals surface area contributed by atoms with E-state index < -0.39 is 6.04 Å². The number of carbonyl (C=O) groups excluding carboxylic acids is 1. The maximum absolute atomic E-state index is 14.2. The fourth-order valence-electron chi connectivity index (χ4n) is 5.24. The number of hydrogen-bond acceptors (Lipinski definition) is 5. The summed E-state index contributed by atoms with van der Waals surface area (Å²) in [6, 6.07) is 18.8. The summed E-state index contributed by atoms with van der Waals surface area (Å²) in [7, 11) is 0. The van der Waals surface area contributed by atoms with Crippen LogP contribution in [0.2, 0.25) is 5.02 Å². The van der Waals surface area contributed by atoms with Gasteiger partial charge in [-0.3, -0.25) is 14.2 Å². The second-order valence-corrected chi connectivity index (χ2v) is 11.5. The first kappa shape index (κ1) is 28.8. The summed E-state index contributed by atoms with van der Waals surface area (Å²) in [5.74, 6) is 0.622. The Hall–Kier alpha value is -3.68. The molecule has 0 fully saturated rings. The number of nitrogens with zero attached hydrogens (tertiary/aromatic N) is 3. The molecule has 0 unspecified atom stereocenters. The van der Waals surface area contributed by atoms with Crippen LogP contribution in [0.5, 0.6) is 5.75 Å². The molecule has 41 heavy (non-hydrogen) atoms. The van der Waals surface area contributed by atoms with Gasteiger partial charge in [-0.25, -0.2) is 4.99 Å². The van der Waals surface area contributed by atoms with E-state index in [2.05, 4.69) is 13.0 Å². The van der Waals surface area contributed by atoms with Crippen molar-refractivity contribution >= 4 is 45.7 Å². The van der Waals surface area contributed by atoms with Crippen molar-refractivity contribution in [2.24, 2.45) is 4.99 Å². The van der Waals surface area contributed by atoms with Gasteiger partial charge in [-0.2, -0.15) is 0 Å². The largest absolute Gasteiger partial charge is 0.493 e. The number of fused-ring (bicyclic) bond motifs is 2. The van der Waals surface area contributed by atoms with Crippen molar-refractivity contribution in [2.75, 3.05) is 19.7 Å². The Kier molecular flexibility index (Phi) is 8.76. The summed E-state index contributed by atoms with van der Waals surface area (Å²) in [4.78, 5) is 35.2. The monoisotopic (exact) mass is 587 g/mol. The first-order chi connectivity index (χ1) is 19.9. The minimum Gasteiger partial charge on any atom is -0.493 e. The van der Waals surface area contributed by atoms with E-state index >= 15 is 0 Å². The van der Waals surface area contributed by atoms with Crippen molar-refractivity contribution in [1.29, 1.82) is 0 Å². The molecule has 0 radical (unpaired) electrons. The fraction of sp³-hybridized carbons (Fsp3) is 0.303. The average Bonchev–Trinajstić information content (AvgIpc) is 3.28. The van der Waals surface area contributed by atoms with Gasteiger partial charge in [0.25, 0.3) is 11.5 Å². The van der Waals surface area contributed by atoms with Crippen LogP contribution < -0.4 is 19.6 Å². The molecule has 0 N–H and O–H groups in total. The number of rotatable bonds is 9. The molecule has 0 spiro atoms. The van der Waals surface area contributed by atoms with E-state index in [4.69, 9.17) is 21.3 Å². The minimum atomic E-state index is -0.619. The summed E-state index contributed by atoms with van der Waals surface area (Å²) < 4.78 is 8.38. The van der Waals surface area contributed by atoms with Gasteiger partial charge >= 0.3 is 0 Å². The number of carbonyl (C=O) groups is 1. The van der Waals surface area contributed by atoms with Gasteiger partial charge in [-0.05, 0) is 67.8 Å². The molecule has 0 saturated carbocycles. The number of ether oxygens (including phenoxy) is 1. The third-order valence-electron chi connectivity index (χ3n) is 7.45. The summed E-state index contributed by atoms with van der Waals surface area (Å²) in [6.07, 6.45) is 3.88. The molecule has 212 valence electrons. The van der Waals surface area contributed by atoms with Crippen LogP contribution in [-0.4, -0.2) is 35.1 Å². The van der Waals surface area contributed by atoms with E-state index in [0.29, 0.717) is 45.3 Å². The molecule has 2 heterocycles. The third-order valence-corrected chi connectivity index (χ3v) is 8.68. The third kappa shape index (κ3) is 5.61. The zero-order valence-electron chi connectivity index (χ0n) is 23.8. The Bertz CT molecular complexity index is 1800. The van der Waals surface area contributed by atoms with E-state index in [0.717, 1.165) is 40.5 Å². The van der Waals surface area contributed by atoms with Crippen LogP contribution in [0.4, 0.5) is 0 Å². The van der Waals surface area contributed by atoms with E-state index in [1.54, 1.807) is 21.6 Å². The van der Waals surface area contributed by atoms with Crippen LogP contribution >= 0.6 is 22.9 Å². The molecule has 8 heteroatoms. The number of amides is 1. The minimum absolute atomic E-state index is 0.119. The summed E-state index contributed by atoms with van der Waals surface area (Å²) in [5.41, 5.74) is 2.59. The molecule has 1 aliphatic rings. The van der Waals surface area contributed by atoms with Gasteiger partial charge < -0.3 is 9.64 Å². The lowest BCUT2D eigenvalue weighted by Gasteiger charge is -2.29. The smallest absolute Gasteiger partial charge is 0.271 e. The summed E-state index contributed by atoms with van der Waals surface area (Å²) >= 11 is 7.55.